The number of aliphatic hydroxyl groups excluding tert-OH is 1. The summed E-state index contributed by atoms with van der Waals surface area (Å²) in [5.41, 5.74) is 3.97. The first kappa shape index (κ1) is 30.9. The van der Waals surface area contributed by atoms with Crippen molar-refractivity contribution in [1.29, 1.82) is 0 Å². The van der Waals surface area contributed by atoms with Gasteiger partial charge in [0, 0.05) is 53.6 Å². The van der Waals surface area contributed by atoms with Gasteiger partial charge in [0.15, 0.2) is 0 Å². The molecule has 0 saturated carbocycles. The lowest BCUT2D eigenvalue weighted by Gasteiger charge is -2.32. The molecule has 2 atom stereocenters. The summed E-state index contributed by atoms with van der Waals surface area (Å²) < 4.78 is 28.1. The fraction of sp³-hybridized carbons (Fsp3) is 0.441. The van der Waals surface area contributed by atoms with Crippen molar-refractivity contribution in [3.05, 3.63) is 82.5 Å². The van der Waals surface area contributed by atoms with E-state index in [1.54, 1.807) is 23.1 Å². The van der Waals surface area contributed by atoms with Crippen molar-refractivity contribution in [1.82, 2.24) is 24.3 Å². The van der Waals surface area contributed by atoms with E-state index in [-0.39, 0.29) is 18.7 Å². The first-order valence-electron chi connectivity index (χ1n) is 16.0. The number of ether oxygens (including phenoxy) is 2. The summed E-state index contributed by atoms with van der Waals surface area (Å²) in [6.45, 7) is 5.04. The van der Waals surface area contributed by atoms with Crippen LogP contribution in [0.2, 0.25) is 5.02 Å². The Kier molecular flexibility index (Phi) is 9.08. The summed E-state index contributed by atoms with van der Waals surface area (Å²) in [7, 11) is 0. The normalized spacial score (nSPS) is 20.6. The maximum Gasteiger partial charge on any atom is 0.321 e. The maximum absolute atomic E-state index is 14.2. The van der Waals surface area contributed by atoms with E-state index in [9.17, 15) is 14.3 Å². The van der Waals surface area contributed by atoms with Crippen LogP contribution >= 0.6 is 11.6 Å². The third-order valence-electron chi connectivity index (χ3n) is 9.22. The number of nitrogens with zero attached hydrogens (tertiary/aromatic N) is 5. The van der Waals surface area contributed by atoms with Gasteiger partial charge >= 0.3 is 6.03 Å². The fourth-order valence-corrected chi connectivity index (χ4v) is 6.62. The van der Waals surface area contributed by atoms with E-state index in [1.165, 1.54) is 6.07 Å². The smallest absolute Gasteiger partial charge is 0.321 e. The van der Waals surface area contributed by atoms with E-state index in [1.807, 2.05) is 30.3 Å². The zero-order valence-corrected chi connectivity index (χ0v) is 26.3. The maximum atomic E-state index is 14.2. The third-order valence-corrected chi connectivity index (χ3v) is 9.45. The second-order valence-electron chi connectivity index (χ2n) is 12.4. The molecule has 7 rings (SSSR count). The quantitative estimate of drug-likeness (QED) is 0.245. The Hall–Kier alpha value is -3.77. The topological polar surface area (TPSA) is 105 Å². The van der Waals surface area contributed by atoms with E-state index in [0.717, 1.165) is 68.1 Å². The highest BCUT2D eigenvalue weighted by Gasteiger charge is 2.27. The number of fused-ring (bicyclic) bond motifs is 1. The van der Waals surface area contributed by atoms with Gasteiger partial charge in [-0.2, -0.15) is 0 Å². The van der Waals surface area contributed by atoms with E-state index in [4.69, 9.17) is 31.0 Å². The number of urea groups is 1. The number of carbonyl (C=O) groups excluding carboxylic acids is 1. The number of hydrogen-bond donors (Lipinski definition) is 2. The van der Waals surface area contributed by atoms with Gasteiger partial charge in [-0.1, -0.05) is 23.7 Å². The van der Waals surface area contributed by atoms with Crippen LogP contribution in [0.1, 0.15) is 48.7 Å². The lowest BCUT2D eigenvalue weighted by Crippen LogP contribution is -2.35. The average Bonchev–Trinajstić information content (AvgIpc) is 3.61. The molecule has 3 aliphatic heterocycles. The number of amides is 2. The molecule has 5 heterocycles. The molecule has 0 bridgehead atoms. The van der Waals surface area contributed by atoms with Crippen molar-refractivity contribution < 1.29 is 23.8 Å². The molecule has 242 valence electrons. The molecule has 46 heavy (non-hydrogen) atoms. The number of carbonyl (C=O) groups is 1. The molecule has 2 N–H and O–H groups in total. The molecular weight excluding hydrogens is 611 g/mol. The standard InChI is InChI=1S/C34H38ClFN6O4/c35-24-5-4-23(28(36)16-24)21-46-33-3-1-2-29(39-33)22-8-12-40(13-9-22)20-32-38-30-17-25(37-34(44)41-14-10-26(43)18-41)6-7-31(30)42(32)19-27-11-15-45-27/h1-7,16-17,22,26-27,43H,8-15,18-21H2,(H,37,44)/t26?,27-/m0/s1. The fourth-order valence-electron chi connectivity index (χ4n) is 6.46. The van der Waals surface area contributed by atoms with Gasteiger partial charge in [0.05, 0.1) is 36.3 Å². The highest BCUT2D eigenvalue weighted by molar-refractivity contribution is 6.30. The minimum Gasteiger partial charge on any atom is -0.473 e. The molecule has 3 saturated heterocycles. The Morgan fingerprint density at radius 2 is 1.91 bits per heavy atom. The monoisotopic (exact) mass is 648 g/mol. The number of halogens is 2. The van der Waals surface area contributed by atoms with Gasteiger partial charge in [-0.15, -0.1) is 0 Å². The third kappa shape index (κ3) is 6.97. The molecule has 0 radical (unpaired) electrons. The molecule has 0 aliphatic carbocycles. The van der Waals surface area contributed by atoms with Crippen molar-refractivity contribution in [3.63, 3.8) is 0 Å². The second kappa shape index (κ2) is 13.5. The minimum atomic E-state index is -0.460. The van der Waals surface area contributed by atoms with Gasteiger partial charge < -0.3 is 29.4 Å². The lowest BCUT2D eigenvalue weighted by molar-refractivity contribution is -0.0592. The first-order chi connectivity index (χ1) is 22.4. The molecule has 3 aliphatic rings. The summed E-state index contributed by atoms with van der Waals surface area (Å²) >= 11 is 5.87. The number of nitrogens with one attached hydrogen (secondary N) is 1. The van der Waals surface area contributed by atoms with Crippen LogP contribution in [0, 0.1) is 5.82 Å². The van der Waals surface area contributed by atoms with E-state index < -0.39 is 11.9 Å². The number of β-amino-alcohol motifs (C(OH)–C–C–N with tert-alkyl or cyclic N) is 1. The lowest BCUT2D eigenvalue weighted by atomic mass is 9.93. The Morgan fingerprint density at radius 3 is 2.65 bits per heavy atom. The molecule has 0 spiro atoms. The van der Waals surface area contributed by atoms with E-state index in [0.29, 0.717) is 54.1 Å². The zero-order chi connectivity index (χ0) is 31.6. The number of imidazole rings is 1. The van der Waals surface area contributed by atoms with Gasteiger partial charge in [-0.3, -0.25) is 4.90 Å². The summed E-state index contributed by atoms with van der Waals surface area (Å²) in [5, 5.41) is 13.1. The number of benzene rings is 2. The highest BCUT2D eigenvalue weighted by atomic mass is 35.5. The van der Waals surface area contributed by atoms with Crippen molar-refractivity contribution >= 4 is 34.4 Å². The summed E-state index contributed by atoms with van der Waals surface area (Å²) in [5.74, 6) is 1.38. The predicted molar refractivity (Wildman–Crippen MR) is 173 cm³/mol. The highest BCUT2D eigenvalue weighted by Crippen LogP contribution is 2.30. The predicted octanol–water partition coefficient (Wildman–Crippen LogP) is 5.57. The minimum absolute atomic E-state index is 0.0846. The SMILES string of the molecule is O=C(Nc1ccc2c(c1)nc(CN1CCC(c3cccc(OCc4ccc(Cl)cc4F)n3)CC1)n2C[C@@H]1CCO1)N1CCC(O)C1. The van der Waals surface area contributed by atoms with Crippen molar-refractivity contribution in [2.24, 2.45) is 0 Å². The van der Waals surface area contributed by atoms with Gasteiger partial charge in [0.25, 0.3) is 0 Å². The Balaban J connectivity index is 0.997. The average molecular weight is 649 g/mol. The number of piperidine rings is 1. The van der Waals surface area contributed by atoms with Crippen LogP contribution in [0.5, 0.6) is 5.88 Å². The van der Waals surface area contributed by atoms with E-state index >= 15 is 0 Å². The van der Waals surface area contributed by atoms with Gasteiger partial charge in [-0.05, 0) is 75.2 Å². The molecule has 3 fully saturated rings. The molecule has 10 nitrogen and oxygen atoms in total. The van der Waals surface area contributed by atoms with Crippen LogP contribution in [0.25, 0.3) is 11.0 Å². The van der Waals surface area contributed by atoms with Crippen molar-refractivity contribution in [2.75, 3.05) is 38.1 Å². The molecule has 2 aromatic heterocycles. The molecular formula is C34H38ClFN6O4. The largest absolute Gasteiger partial charge is 0.473 e. The summed E-state index contributed by atoms with van der Waals surface area (Å²) in [6.07, 6.45) is 3.26. The Morgan fingerprint density at radius 1 is 1.07 bits per heavy atom. The van der Waals surface area contributed by atoms with Crippen molar-refractivity contribution in [3.8, 4) is 5.88 Å². The van der Waals surface area contributed by atoms with Gasteiger partial charge in [0.2, 0.25) is 5.88 Å². The molecule has 4 aromatic rings. The number of anilines is 1. The molecule has 2 aromatic carbocycles. The molecule has 12 heteroatoms. The summed E-state index contributed by atoms with van der Waals surface area (Å²) in [4.78, 5) is 26.6. The Bertz CT molecular complexity index is 1710. The first-order valence-corrected chi connectivity index (χ1v) is 16.4. The van der Waals surface area contributed by atoms with Crippen LogP contribution in [-0.4, -0.2) is 80.5 Å². The number of aromatic nitrogens is 3. The van der Waals surface area contributed by atoms with Crippen LogP contribution in [0.15, 0.2) is 54.6 Å². The number of rotatable bonds is 9. The number of hydrogen-bond acceptors (Lipinski definition) is 7. The number of pyridine rings is 1. The van der Waals surface area contributed by atoms with Crippen LogP contribution in [0.4, 0.5) is 14.9 Å². The van der Waals surface area contributed by atoms with Gasteiger partial charge in [-0.25, -0.2) is 19.2 Å². The van der Waals surface area contributed by atoms with Crippen LogP contribution in [0.3, 0.4) is 0 Å². The second-order valence-corrected chi connectivity index (χ2v) is 12.9. The van der Waals surface area contributed by atoms with Gasteiger partial charge in [0.1, 0.15) is 18.2 Å². The molecule has 1 unspecified atom stereocenters. The summed E-state index contributed by atoms with van der Waals surface area (Å²) in [6, 6.07) is 16.0. The van der Waals surface area contributed by atoms with E-state index in [2.05, 4.69) is 14.8 Å². The van der Waals surface area contributed by atoms with Crippen molar-refractivity contribution in [2.45, 2.75) is 63.5 Å². The number of likely N-dealkylation sites (tertiary alicyclic amines) is 2. The Labute approximate surface area is 272 Å². The molecule has 2 amide bonds. The zero-order valence-electron chi connectivity index (χ0n) is 25.6. The van der Waals surface area contributed by atoms with Crippen LogP contribution in [-0.2, 0) is 24.4 Å². The number of aliphatic hydroxyl groups is 1. The van der Waals surface area contributed by atoms with Crippen LogP contribution < -0.4 is 10.1 Å².